The van der Waals surface area contributed by atoms with Crippen LogP contribution in [-0.2, 0) is 16.0 Å². The second-order valence-corrected chi connectivity index (χ2v) is 9.44. The van der Waals surface area contributed by atoms with Crippen LogP contribution in [0, 0.1) is 6.92 Å². The number of aliphatic hydroxyl groups excluding tert-OH is 1. The first-order valence-corrected chi connectivity index (χ1v) is 11.9. The number of carbonyl (C=O) groups excluding carboxylic acids is 2. The zero-order valence-electron chi connectivity index (χ0n) is 18.6. The van der Waals surface area contributed by atoms with Gasteiger partial charge in [0.15, 0.2) is 0 Å². The fraction of sp³-hybridized carbons (Fsp3) is 0.143. The SMILES string of the molecule is Cc1ccc(/C(O)=C2/C(=O)C(=O)N(CCc3c[nH]c4ccccc34)C2c2ccc(Br)cc2)cc1. The molecule has 0 radical (unpaired) electrons. The summed E-state index contributed by atoms with van der Waals surface area (Å²) in [6.07, 6.45) is 2.52. The lowest BCUT2D eigenvalue weighted by Gasteiger charge is -2.25. The Kier molecular flexibility index (Phi) is 5.84. The van der Waals surface area contributed by atoms with Crippen LogP contribution in [0.4, 0.5) is 0 Å². The molecule has 6 heteroatoms. The van der Waals surface area contributed by atoms with E-state index in [4.69, 9.17) is 0 Å². The largest absolute Gasteiger partial charge is 0.507 e. The molecular weight excluding hydrogens is 492 g/mol. The fourth-order valence-corrected chi connectivity index (χ4v) is 4.81. The number of para-hydroxylation sites is 1. The predicted molar refractivity (Wildman–Crippen MR) is 136 cm³/mol. The van der Waals surface area contributed by atoms with Gasteiger partial charge in [-0.1, -0.05) is 76.1 Å². The number of hydrogen-bond donors (Lipinski definition) is 2. The van der Waals surface area contributed by atoms with Gasteiger partial charge in [-0.25, -0.2) is 0 Å². The average Bonchev–Trinajstić information content (AvgIpc) is 3.37. The van der Waals surface area contributed by atoms with E-state index >= 15 is 0 Å². The molecule has 0 aliphatic carbocycles. The fourth-order valence-electron chi connectivity index (χ4n) is 4.55. The number of amides is 1. The summed E-state index contributed by atoms with van der Waals surface area (Å²) in [6, 6.07) is 22.1. The Balaban J connectivity index is 1.56. The standard InChI is InChI=1S/C28H23BrN2O3/c1-17-6-8-19(9-7-17)26(32)24-25(18-10-12-21(29)13-11-18)31(28(34)27(24)33)15-14-20-16-30-23-5-3-2-4-22(20)23/h2-13,16,25,30,32H,14-15H2,1H3/b26-24-. The number of ketones is 1. The maximum atomic E-state index is 13.2. The van der Waals surface area contributed by atoms with Crippen LogP contribution >= 0.6 is 15.9 Å². The lowest BCUT2D eigenvalue weighted by Crippen LogP contribution is -2.31. The molecule has 1 atom stereocenters. The first kappa shape index (κ1) is 22.2. The van der Waals surface area contributed by atoms with Gasteiger partial charge in [0.25, 0.3) is 11.7 Å². The summed E-state index contributed by atoms with van der Waals surface area (Å²) >= 11 is 3.45. The molecule has 0 saturated carbocycles. The van der Waals surface area contributed by atoms with Crippen LogP contribution < -0.4 is 0 Å². The Morgan fingerprint density at radius 1 is 1.00 bits per heavy atom. The molecule has 3 aromatic carbocycles. The van der Waals surface area contributed by atoms with E-state index < -0.39 is 17.7 Å². The number of aliphatic hydroxyl groups is 1. The van der Waals surface area contributed by atoms with Crippen molar-refractivity contribution >= 4 is 44.3 Å². The van der Waals surface area contributed by atoms with E-state index in [0.717, 1.165) is 32.1 Å². The minimum Gasteiger partial charge on any atom is -0.507 e. The van der Waals surface area contributed by atoms with Crippen molar-refractivity contribution in [2.45, 2.75) is 19.4 Å². The van der Waals surface area contributed by atoms with Crippen molar-refractivity contribution in [3.8, 4) is 0 Å². The van der Waals surface area contributed by atoms with Gasteiger partial charge >= 0.3 is 0 Å². The van der Waals surface area contributed by atoms with E-state index in [2.05, 4.69) is 20.9 Å². The average molecular weight is 515 g/mol. The smallest absolute Gasteiger partial charge is 0.295 e. The molecule has 4 aromatic rings. The van der Waals surface area contributed by atoms with Crippen LogP contribution in [-0.4, -0.2) is 33.2 Å². The number of rotatable bonds is 5. The molecule has 2 heterocycles. The summed E-state index contributed by atoms with van der Waals surface area (Å²) in [6.45, 7) is 2.30. The van der Waals surface area contributed by atoms with Gasteiger partial charge in [0.2, 0.25) is 0 Å². The monoisotopic (exact) mass is 514 g/mol. The normalized spacial score (nSPS) is 17.6. The molecule has 1 unspecified atom stereocenters. The van der Waals surface area contributed by atoms with Crippen molar-refractivity contribution in [1.82, 2.24) is 9.88 Å². The molecule has 1 aliphatic rings. The number of Topliss-reactive ketones (excluding diaryl/α,β-unsaturated/α-hetero) is 1. The Hall–Kier alpha value is -3.64. The van der Waals surface area contributed by atoms with Gasteiger partial charge in [0.1, 0.15) is 5.76 Å². The molecule has 1 saturated heterocycles. The van der Waals surface area contributed by atoms with Crippen LogP contribution in [0.5, 0.6) is 0 Å². The molecule has 170 valence electrons. The number of benzene rings is 3. The van der Waals surface area contributed by atoms with Crippen molar-refractivity contribution in [1.29, 1.82) is 0 Å². The quantitative estimate of drug-likeness (QED) is 0.197. The molecule has 34 heavy (non-hydrogen) atoms. The summed E-state index contributed by atoms with van der Waals surface area (Å²) in [5, 5.41) is 12.3. The summed E-state index contributed by atoms with van der Waals surface area (Å²) < 4.78 is 0.894. The molecule has 0 spiro atoms. The van der Waals surface area contributed by atoms with Crippen LogP contribution in [0.2, 0.25) is 0 Å². The van der Waals surface area contributed by atoms with Gasteiger partial charge < -0.3 is 15.0 Å². The van der Waals surface area contributed by atoms with Crippen LogP contribution in [0.25, 0.3) is 16.7 Å². The highest BCUT2D eigenvalue weighted by Crippen LogP contribution is 2.40. The summed E-state index contributed by atoms with van der Waals surface area (Å²) in [4.78, 5) is 31.2. The van der Waals surface area contributed by atoms with E-state index in [9.17, 15) is 14.7 Å². The second kappa shape index (κ2) is 8.95. The van der Waals surface area contributed by atoms with Crippen molar-refractivity contribution in [2.75, 3.05) is 6.54 Å². The molecule has 1 aliphatic heterocycles. The van der Waals surface area contributed by atoms with E-state index in [1.165, 1.54) is 0 Å². The van der Waals surface area contributed by atoms with E-state index in [-0.39, 0.29) is 11.3 Å². The third-order valence-corrected chi connectivity index (χ3v) is 6.88. The molecule has 0 bridgehead atoms. The molecule has 1 fully saturated rings. The number of nitrogens with zero attached hydrogens (tertiary/aromatic N) is 1. The zero-order valence-corrected chi connectivity index (χ0v) is 20.2. The highest BCUT2D eigenvalue weighted by atomic mass is 79.9. The number of halogens is 1. The van der Waals surface area contributed by atoms with Gasteiger partial charge in [-0.05, 0) is 42.7 Å². The van der Waals surface area contributed by atoms with Gasteiger partial charge in [0, 0.05) is 33.7 Å². The predicted octanol–water partition coefficient (Wildman–Crippen LogP) is 5.90. The maximum Gasteiger partial charge on any atom is 0.295 e. The van der Waals surface area contributed by atoms with E-state index in [1.54, 1.807) is 17.0 Å². The Morgan fingerprint density at radius 3 is 2.44 bits per heavy atom. The number of carbonyl (C=O) groups is 2. The number of aromatic amines is 1. The highest BCUT2D eigenvalue weighted by molar-refractivity contribution is 9.10. The van der Waals surface area contributed by atoms with E-state index in [1.807, 2.05) is 73.8 Å². The van der Waals surface area contributed by atoms with Crippen LogP contribution in [0.15, 0.2) is 89.0 Å². The third kappa shape index (κ3) is 3.94. The Bertz CT molecular complexity index is 1420. The summed E-state index contributed by atoms with van der Waals surface area (Å²) in [7, 11) is 0. The van der Waals surface area contributed by atoms with Crippen molar-refractivity contribution in [3.05, 3.63) is 111 Å². The van der Waals surface area contributed by atoms with E-state index in [0.29, 0.717) is 18.5 Å². The molecular formula is C28H23BrN2O3. The minimum atomic E-state index is -0.667. The summed E-state index contributed by atoms with van der Waals surface area (Å²) in [5.41, 5.74) is 4.56. The topological polar surface area (TPSA) is 73.4 Å². The number of fused-ring (bicyclic) bond motifs is 1. The number of aromatic nitrogens is 1. The van der Waals surface area contributed by atoms with Crippen molar-refractivity contribution in [3.63, 3.8) is 0 Å². The Morgan fingerprint density at radius 2 is 1.71 bits per heavy atom. The van der Waals surface area contributed by atoms with Crippen LogP contribution in [0.3, 0.4) is 0 Å². The van der Waals surface area contributed by atoms with Gasteiger partial charge in [-0.15, -0.1) is 0 Å². The van der Waals surface area contributed by atoms with Crippen molar-refractivity contribution < 1.29 is 14.7 Å². The molecule has 5 nitrogen and oxygen atoms in total. The molecule has 5 rings (SSSR count). The van der Waals surface area contributed by atoms with Crippen molar-refractivity contribution in [2.24, 2.45) is 0 Å². The lowest BCUT2D eigenvalue weighted by molar-refractivity contribution is -0.139. The maximum absolute atomic E-state index is 13.2. The molecule has 1 aromatic heterocycles. The number of nitrogens with one attached hydrogen (secondary N) is 1. The number of hydrogen-bond acceptors (Lipinski definition) is 3. The minimum absolute atomic E-state index is 0.120. The second-order valence-electron chi connectivity index (χ2n) is 8.52. The Labute approximate surface area is 205 Å². The zero-order chi connectivity index (χ0) is 23.8. The van der Waals surface area contributed by atoms with Gasteiger partial charge in [-0.3, -0.25) is 9.59 Å². The number of H-pyrrole nitrogens is 1. The highest BCUT2D eigenvalue weighted by Gasteiger charge is 2.45. The molecule has 2 N–H and O–H groups in total. The van der Waals surface area contributed by atoms with Gasteiger partial charge in [-0.2, -0.15) is 0 Å². The number of likely N-dealkylation sites (tertiary alicyclic amines) is 1. The molecule has 1 amide bonds. The van der Waals surface area contributed by atoms with Crippen LogP contribution in [0.1, 0.15) is 28.3 Å². The first-order chi connectivity index (χ1) is 16.4. The van der Waals surface area contributed by atoms with Gasteiger partial charge in [0.05, 0.1) is 11.6 Å². The summed E-state index contributed by atoms with van der Waals surface area (Å²) in [5.74, 6) is -1.41. The first-order valence-electron chi connectivity index (χ1n) is 11.1. The third-order valence-electron chi connectivity index (χ3n) is 6.35. The lowest BCUT2D eigenvalue weighted by atomic mass is 9.95. The number of aryl methyl sites for hydroxylation is 1.